The van der Waals surface area contributed by atoms with Crippen LogP contribution in [0.3, 0.4) is 0 Å². The smallest absolute Gasteiger partial charge is 0.327 e. The first-order valence-corrected chi connectivity index (χ1v) is 27.9. The number of amides is 3. The van der Waals surface area contributed by atoms with Gasteiger partial charge in [0.25, 0.3) is 0 Å². The van der Waals surface area contributed by atoms with Gasteiger partial charge in [0, 0.05) is 41.0 Å². The van der Waals surface area contributed by atoms with Crippen LogP contribution in [0, 0.1) is 32.6 Å². The van der Waals surface area contributed by atoms with E-state index in [1.54, 1.807) is 27.6 Å². The van der Waals surface area contributed by atoms with Crippen LogP contribution in [0.25, 0.3) is 0 Å². The van der Waals surface area contributed by atoms with Gasteiger partial charge in [-0.1, -0.05) is 83.7 Å². The lowest BCUT2D eigenvalue weighted by molar-refractivity contribution is -0.163. The molecular formula is C45H67BrN6O10Si2. The number of nitrogens with zero attached hydrogens (tertiary/aromatic N) is 5. The number of aliphatic carboxylic acids is 3. The zero-order chi connectivity index (χ0) is 48.0. The zero-order valence-corrected chi connectivity index (χ0v) is 42.9. The van der Waals surface area contributed by atoms with Crippen molar-refractivity contribution in [3.05, 3.63) is 88.8 Å². The molecule has 0 saturated carbocycles. The van der Waals surface area contributed by atoms with E-state index in [-0.39, 0.29) is 39.7 Å². The molecule has 3 amide bonds. The molecular weight excluding hydrogens is 921 g/mol. The van der Waals surface area contributed by atoms with Gasteiger partial charge in [-0.2, -0.15) is 0 Å². The maximum absolute atomic E-state index is 12.7. The first-order valence-electron chi connectivity index (χ1n) is 20.9. The largest absolute Gasteiger partial charge is 0.480 e. The van der Waals surface area contributed by atoms with Crippen LogP contribution in [0.2, 0.25) is 36.3 Å². The fourth-order valence-corrected chi connectivity index (χ4v) is 12.4. The molecule has 0 bridgehead atoms. The van der Waals surface area contributed by atoms with Gasteiger partial charge in [0.1, 0.15) is 18.1 Å². The molecule has 0 spiro atoms. The summed E-state index contributed by atoms with van der Waals surface area (Å²) in [4.78, 5) is 81.3. The summed E-state index contributed by atoms with van der Waals surface area (Å²) in [5.74, 6) is -3.89. The number of rotatable bonds is 10. The summed E-state index contributed by atoms with van der Waals surface area (Å²) in [6.07, 6.45) is 6.27. The van der Waals surface area contributed by atoms with Gasteiger partial charge in [-0.25, -0.2) is 9.59 Å². The number of aromatic nitrogens is 3. The van der Waals surface area contributed by atoms with E-state index in [0.29, 0.717) is 12.8 Å². The van der Waals surface area contributed by atoms with E-state index in [2.05, 4.69) is 110 Å². The third kappa shape index (κ3) is 13.1. The summed E-state index contributed by atoms with van der Waals surface area (Å²) in [5.41, 5.74) is 6.01. The van der Waals surface area contributed by atoms with Gasteiger partial charge < -0.3 is 35.2 Å². The van der Waals surface area contributed by atoms with Crippen molar-refractivity contribution in [2.24, 2.45) is 11.8 Å². The van der Waals surface area contributed by atoms with Gasteiger partial charge in [-0.3, -0.25) is 34.1 Å². The second-order valence-electron chi connectivity index (χ2n) is 19.4. The predicted octanol–water partition coefficient (Wildman–Crippen LogP) is 6.12. The maximum atomic E-state index is 12.7. The third-order valence-electron chi connectivity index (χ3n) is 12.8. The van der Waals surface area contributed by atoms with Gasteiger partial charge in [-0.15, -0.1) is 0 Å². The minimum absolute atomic E-state index is 0. The molecule has 3 aliphatic rings. The quantitative estimate of drug-likeness (QED) is 0.102. The minimum atomic E-state index is -2.19. The van der Waals surface area contributed by atoms with Crippen molar-refractivity contribution in [3.63, 3.8) is 0 Å². The number of alkyl halides is 1. The lowest BCUT2D eigenvalue weighted by Crippen LogP contribution is -2.75. The summed E-state index contributed by atoms with van der Waals surface area (Å²) in [5, 5.41) is 30.7. The number of carboxylic acids is 3. The van der Waals surface area contributed by atoms with Crippen LogP contribution in [0.1, 0.15) is 81.7 Å². The average Bonchev–Trinajstić information content (AvgIpc) is 3.15. The molecule has 64 heavy (non-hydrogen) atoms. The Hall–Kier alpha value is -4.86. The Bertz CT molecular complexity index is 2180. The van der Waals surface area contributed by atoms with Crippen LogP contribution in [0.5, 0.6) is 0 Å². The molecule has 3 aliphatic heterocycles. The van der Waals surface area contributed by atoms with Crippen LogP contribution in [0.4, 0.5) is 0 Å². The van der Waals surface area contributed by atoms with E-state index in [4.69, 9.17) is 10.2 Å². The summed E-state index contributed by atoms with van der Waals surface area (Å²) in [6, 6.07) is 9.46. The van der Waals surface area contributed by atoms with Crippen molar-refractivity contribution in [2.75, 3.05) is 0 Å². The summed E-state index contributed by atoms with van der Waals surface area (Å²) < 4.78 is 3.32. The number of hydrogen-bond donors (Lipinski definition) is 4. The Morgan fingerprint density at radius 1 is 0.688 bits per heavy atom. The number of carbonyl (C=O) groups is 6. The van der Waals surface area contributed by atoms with Crippen LogP contribution >= 0.6 is 15.9 Å². The molecule has 19 heteroatoms. The molecule has 352 valence electrons. The highest BCUT2D eigenvalue weighted by Crippen LogP contribution is 2.46. The highest BCUT2D eigenvalue weighted by Gasteiger charge is 2.60. The molecule has 0 unspecified atom stereocenters. The van der Waals surface area contributed by atoms with Crippen molar-refractivity contribution in [1.29, 1.82) is 0 Å². The second kappa shape index (κ2) is 21.9. The Morgan fingerprint density at radius 3 is 1.42 bits per heavy atom. The fourth-order valence-electron chi connectivity index (χ4n) is 7.21. The fraction of sp³-hybridized carbons (Fsp3) is 0.533. The second-order valence-corrected chi connectivity index (χ2v) is 30.2. The van der Waals surface area contributed by atoms with E-state index in [1.165, 1.54) is 5.56 Å². The van der Waals surface area contributed by atoms with Crippen LogP contribution in [-0.2, 0) is 46.9 Å². The Balaban J connectivity index is 0.000000305. The first kappa shape index (κ1) is 55.3. The highest BCUT2D eigenvalue weighted by atomic mass is 79.9. The number of hydrogen-bond acceptors (Lipinski definition) is 9. The van der Waals surface area contributed by atoms with E-state index in [0.717, 1.165) is 33.5 Å². The lowest BCUT2D eigenvalue weighted by atomic mass is 9.85. The third-order valence-corrected chi connectivity index (χ3v) is 24.3. The van der Waals surface area contributed by atoms with Gasteiger partial charge in [0.15, 0.2) is 16.5 Å². The van der Waals surface area contributed by atoms with E-state index < -0.39 is 64.3 Å². The number of carboxylic acid groups (broad SMARTS) is 3. The van der Waals surface area contributed by atoms with E-state index in [1.807, 2.05) is 51.2 Å². The predicted molar refractivity (Wildman–Crippen MR) is 253 cm³/mol. The molecule has 3 aromatic rings. The molecule has 6 N–H and O–H groups in total. The standard InChI is InChI=1S/C17H26N2O3Si.C11H12N2O3.C10H19NO3Si.C7H8BrN.H2O/c1-11-9-12(7-8-18-11)10-13-14(16(21)22)19(15(13)20)23(5,6)17(2,3)4;1-6-4-7(2-3-12-6)5-8-9(11(15)16)13-10(8)14;1-10(2,3)15(4,5)11-7(9(13)14)6-8(11)12;1-6-4-7(5-8)2-3-9-6;/h7-9,13-14H,10H2,1-6H3,(H,21,22);2-4,8-9H,5H2,1H3,(H,13,14)(H,15,16);7H,6H2,1-5H3,(H,13,14);2-4H,5H2,1H3;1H2/t13-,14+;8-,9+;7-;;/m110../s1. The number of β-lactam (4-membered cyclic amide) rings is 3. The van der Waals surface area contributed by atoms with Crippen molar-refractivity contribution in [2.45, 2.75) is 141 Å². The Morgan fingerprint density at radius 2 is 1.09 bits per heavy atom. The molecule has 3 saturated heterocycles. The topological polar surface area (TPSA) is 252 Å². The number of pyridine rings is 3. The minimum Gasteiger partial charge on any atom is -0.480 e. The molecule has 0 radical (unpaired) electrons. The summed E-state index contributed by atoms with van der Waals surface area (Å²) in [6.45, 7) is 26.5. The van der Waals surface area contributed by atoms with E-state index >= 15 is 0 Å². The molecule has 6 rings (SSSR count). The van der Waals surface area contributed by atoms with Crippen molar-refractivity contribution < 1.29 is 49.6 Å². The van der Waals surface area contributed by atoms with Crippen molar-refractivity contribution in [1.82, 2.24) is 29.4 Å². The molecule has 16 nitrogen and oxygen atoms in total. The monoisotopic (exact) mass is 986 g/mol. The molecule has 5 atom stereocenters. The van der Waals surface area contributed by atoms with Gasteiger partial charge in [0.05, 0.1) is 18.3 Å². The molecule has 3 aromatic heterocycles. The highest BCUT2D eigenvalue weighted by molar-refractivity contribution is 9.08. The van der Waals surface area contributed by atoms with Gasteiger partial charge in [0.2, 0.25) is 17.7 Å². The summed E-state index contributed by atoms with van der Waals surface area (Å²) in [7, 11) is -4.20. The molecule has 3 fully saturated rings. The van der Waals surface area contributed by atoms with Crippen molar-refractivity contribution in [3.8, 4) is 0 Å². The number of nitrogens with one attached hydrogen (secondary N) is 1. The average molecular weight is 988 g/mol. The van der Waals surface area contributed by atoms with Crippen LogP contribution in [-0.4, -0.2) is 115 Å². The molecule has 0 aliphatic carbocycles. The SMILES string of the molecule is CC(C)(C)[Si](C)(C)N1C(=O)C[C@H]1C(=O)O.Cc1cc(CBr)ccn1.Cc1cc(C[C@H]2C(=O)N([Si](C)(C)C(C)(C)C)[C@@H]2C(=O)O)ccn1.Cc1cc(C[C@H]2C(=O)N[C@@H]2C(=O)O)ccn1.O. The first-order chi connectivity index (χ1) is 29.0. The van der Waals surface area contributed by atoms with Crippen LogP contribution < -0.4 is 5.32 Å². The normalized spacial score (nSPS) is 20.4. The number of carbonyl (C=O) groups excluding carboxylic acids is 3. The van der Waals surface area contributed by atoms with Gasteiger partial charge >= 0.3 is 17.9 Å². The van der Waals surface area contributed by atoms with E-state index in [9.17, 15) is 33.9 Å². The van der Waals surface area contributed by atoms with Crippen molar-refractivity contribution >= 4 is 68.0 Å². The van der Waals surface area contributed by atoms with Gasteiger partial charge in [-0.05, 0) is 96.8 Å². The zero-order valence-electron chi connectivity index (χ0n) is 39.3. The Kier molecular flexibility index (Phi) is 18.9. The molecule has 6 heterocycles. The number of halogens is 1. The maximum Gasteiger partial charge on any atom is 0.327 e. The number of aryl methyl sites for hydroxylation is 3. The lowest BCUT2D eigenvalue weighted by Gasteiger charge is -2.56. The molecule has 0 aromatic carbocycles. The van der Waals surface area contributed by atoms with Crippen LogP contribution in [0.15, 0.2) is 55.0 Å². The Labute approximate surface area is 387 Å². The summed E-state index contributed by atoms with van der Waals surface area (Å²) >= 11 is 3.36.